The van der Waals surface area contributed by atoms with Gasteiger partial charge in [0.05, 0.1) is 5.39 Å². The molecular formula is C9H6N2O3. The first-order chi connectivity index (χ1) is 6.68. The maximum atomic E-state index is 11.3. The molecule has 70 valence electrons. The molecule has 2 rings (SSSR count). The molecule has 0 saturated heterocycles. The van der Waals surface area contributed by atoms with Gasteiger partial charge in [0.25, 0.3) is 0 Å². The summed E-state index contributed by atoms with van der Waals surface area (Å²) in [6.07, 6.45) is 1.43. The van der Waals surface area contributed by atoms with Crippen molar-refractivity contribution in [3.8, 4) is 0 Å². The van der Waals surface area contributed by atoms with Crippen LogP contribution in [0.25, 0.3) is 11.0 Å². The fourth-order valence-corrected chi connectivity index (χ4v) is 1.17. The average molecular weight is 190 g/mol. The number of hydrogen-bond acceptors (Lipinski definition) is 3. The van der Waals surface area contributed by atoms with Gasteiger partial charge in [0.1, 0.15) is 5.65 Å². The van der Waals surface area contributed by atoms with Crippen LogP contribution in [0.5, 0.6) is 0 Å². The van der Waals surface area contributed by atoms with Gasteiger partial charge in [-0.15, -0.1) is 0 Å². The number of hydrogen-bond donors (Lipinski definition) is 2. The lowest BCUT2D eigenvalue weighted by Gasteiger charge is -1.97. The summed E-state index contributed by atoms with van der Waals surface area (Å²) < 4.78 is 0. The Kier molecular flexibility index (Phi) is 1.78. The first kappa shape index (κ1) is 8.43. The van der Waals surface area contributed by atoms with Crippen molar-refractivity contribution in [1.29, 1.82) is 0 Å². The van der Waals surface area contributed by atoms with E-state index >= 15 is 0 Å². The molecule has 0 atom stereocenters. The molecule has 0 amide bonds. The van der Waals surface area contributed by atoms with Crippen molar-refractivity contribution >= 4 is 17.0 Å². The van der Waals surface area contributed by atoms with Gasteiger partial charge in [-0.05, 0) is 12.1 Å². The number of nitrogens with zero attached hydrogens (tertiary/aromatic N) is 1. The molecule has 14 heavy (non-hydrogen) atoms. The molecule has 0 fully saturated rings. The average Bonchev–Trinajstić information content (AvgIpc) is 2.17. The molecule has 2 aromatic rings. The van der Waals surface area contributed by atoms with E-state index in [0.29, 0.717) is 5.39 Å². The minimum atomic E-state index is -1.11. The molecule has 5 nitrogen and oxygen atoms in total. The van der Waals surface area contributed by atoms with Gasteiger partial charge >= 0.3 is 5.97 Å². The lowest BCUT2D eigenvalue weighted by Crippen LogP contribution is -2.05. The Balaban J connectivity index is 2.80. The van der Waals surface area contributed by atoms with Crippen LogP contribution in [0, 0.1) is 0 Å². The van der Waals surface area contributed by atoms with Crippen LogP contribution in [-0.2, 0) is 0 Å². The van der Waals surface area contributed by atoms with E-state index in [2.05, 4.69) is 9.97 Å². The normalized spacial score (nSPS) is 10.3. The fourth-order valence-electron chi connectivity index (χ4n) is 1.17. The first-order valence-corrected chi connectivity index (χ1v) is 3.90. The van der Waals surface area contributed by atoms with Gasteiger partial charge < -0.3 is 10.1 Å². The Labute approximate surface area is 78.0 Å². The van der Waals surface area contributed by atoms with Gasteiger partial charge in [0, 0.05) is 12.3 Å². The van der Waals surface area contributed by atoms with E-state index in [-0.39, 0.29) is 16.8 Å². The maximum Gasteiger partial charge on any atom is 0.354 e. The number of H-pyrrole nitrogens is 1. The smallest absolute Gasteiger partial charge is 0.354 e. The molecule has 0 aliphatic heterocycles. The van der Waals surface area contributed by atoms with Crippen molar-refractivity contribution in [3.63, 3.8) is 0 Å². The molecule has 0 aliphatic rings. The Morgan fingerprint density at radius 1 is 1.36 bits per heavy atom. The summed E-state index contributed by atoms with van der Waals surface area (Å²) in [5.74, 6) is -1.11. The monoisotopic (exact) mass is 190 g/mol. The molecule has 0 spiro atoms. The zero-order valence-electron chi connectivity index (χ0n) is 7.02. The van der Waals surface area contributed by atoms with E-state index < -0.39 is 5.97 Å². The van der Waals surface area contributed by atoms with Crippen LogP contribution in [0.2, 0.25) is 0 Å². The van der Waals surface area contributed by atoms with Crippen molar-refractivity contribution in [3.05, 3.63) is 40.3 Å². The van der Waals surface area contributed by atoms with Gasteiger partial charge in [-0.1, -0.05) is 0 Å². The van der Waals surface area contributed by atoms with E-state index in [1.807, 2.05) is 0 Å². The summed E-state index contributed by atoms with van der Waals surface area (Å²) in [6.45, 7) is 0. The van der Waals surface area contributed by atoms with E-state index in [0.717, 1.165) is 0 Å². The standard InChI is InChI=1S/C9H6N2O3/c12-7-3-4-10-8-5(7)1-2-6(11-8)9(13)14/h1-4H,(H,13,14)(H,10,11,12). The van der Waals surface area contributed by atoms with Gasteiger partial charge in [0.2, 0.25) is 0 Å². The lowest BCUT2D eigenvalue weighted by molar-refractivity contribution is 0.0691. The van der Waals surface area contributed by atoms with Crippen LogP contribution in [0.15, 0.2) is 29.2 Å². The number of carbonyl (C=O) groups is 1. The highest BCUT2D eigenvalue weighted by Crippen LogP contribution is 2.04. The second-order valence-corrected chi connectivity index (χ2v) is 2.74. The third-order valence-corrected chi connectivity index (χ3v) is 1.83. The van der Waals surface area contributed by atoms with Crippen LogP contribution in [0.4, 0.5) is 0 Å². The molecular weight excluding hydrogens is 184 g/mol. The third-order valence-electron chi connectivity index (χ3n) is 1.83. The minimum absolute atomic E-state index is 0.0839. The van der Waals surface area contributed by atoms with Gasteiger partial charge in [0.15, 0.2) is 11.1 Å². The maximum absolute atomic E-state index is 11.3. The van der Waals surface area contributed by atoms with Gasteiger partial charge in [-0.25, -0.2) is 9.78 Å². The van der Waals surface area contributed by atoms with Crippen LogP contribution < -0.4 is 5.43 Å². The fraction of sp³-hybridized carbons (Fsp3) is 0. The number of carboxylic acid groups (broad SMARTS) is 1. The van der Waals surface area contributed by atoms with Crippen molar-refractivity contribution in [2.45, 2.75) is 0 Å². The molecule has 0 saturated carbocycles. The predicted octanol–water partition coefficient (Wildman–Crippen LogP) is 0.621. The second kappa shape index (κ2) is 2.95. The zero-order chi connectivity index (χ0) is 10.1. The molecule has 0 aliphatic carbocycles. The quantitative estimate of drug-likeness (QED) is 0.690. The molecule has 2 heterocycles. The van der Waals surface area contributed by atoms with Crippen LogP contribution >= 0.6 is 0 Å². The Morgan fingerprint density at radius 3 is 2.86 bits per heavy atom. The van der Waals surface area contributed by atoms with Crippen molar-refractivity contribution in [1.82, 2.24) is 9.97 Å². The van der Waals surface area contributed by atoms with E-state index in [9.17, 15) is 9.59 Å². The summed E-state index contributed by atoms with van der Waals surface area (Å²) in [6, 6.07) is 4.12. The van der Waals surface area contributed by atoms with E-state index in [1.165, 1.54) is 24.4 Å². The highest BCUT2D eigenvalue weighted by Gasteiger charge is 2.06. The molecule has 2 aromatic heterocycles. The molecule has 5 heteroatoms. The predicted molar refractivity (Wildman–Crippen MR) is 49.3 cm³/mol. The Bertz CT molecular complexity index is 559. The number of rotatable bonds is 1. The molecule has 0 bridgehead atoms. The highest BCUT2D eigenvalue weighted by atomic mass is 16.4. The lowest BCUT2D eigenvalue weighted by atomic mass is 10.2. The number of aromatic nitrogens is 2. The number of fused-ring (bicyclic) bond motifs is 1. The molecule has 2 N–H and O–H groups in total. The number of carboxylic acids is 1. The number of nitrogens with one attached hydrogen (secondary N) is 1. The van der Waals surface area contributed by atoms with Crippen LogP contribution in [-0.4, -0.2) is 21.0 Å². The van der Waals surface area contributed by atoms with Crippen molar-refractivity contribution in [2.24, 2.45) is 0 Å². The topological polar surface area (TPSA) is 83.0 Å². The van der Waals surface area contributed by atoms with Gasteiger partial charge in [-0.3, -0.25) is 4.79 Å². The number of aromatic carboxylic acids is 1. The summed E-state index contributed by atoms with van der Waals surface area (Å²) in [5.41, 5.74) is 0.0277. The zero-order valence-corrected chi connectivity index (χ0v) is 7.02. The number of pyridine rings is 2. The summed E-state index contributed by atoms with van der Waals surface area (Å²) >= 11 is 0. The first-order valence-electron chi connectivity index (χ1n) is 3.90. The van der Waals surface area contributed by atoms with Crippen LogP contribution in [0.1, 0.15) is 10.5 Å². The number of aromatic amines is 1. The molecule has 0 aromatic carbocycles. The summed E-state index contributed by atoms with van der Waals surface area (Å²) in [4.78, 5) is 28.3. The van der Waals surface area contributed by atoms with E-state index in [1.54, 1.807) is 0 Å². The minimum Gasteiger partial charge on any atom is -0.477 e. The largest absolute Gasteiger partial charge is 0.477 e. The van der Waals surface area contributed by atoms with Crippen molar-refractivity contribution < 1.29 is 9.90 Å². The van der Waals surface area contributed by atoms with Crippen LogP contribution in [0.3, 0.4) is 0 Å². The van der Waals surface area contributed by atoms with E-state index in [4.69, 9.17) is 5.11 Å². The third kappa shape index (κ3) is 1.24. The second-order valence-electron chi connectivity index (χ2n) is 2.74. The Hall–Kier alpha value is -2.17. The van der Waals surface area contributed by atoms with Crippen molar-refractivity contribution in [2.75, 3.05) is 0 Å². The SMILES string of the molecule is O=C(O)c1ccc2c(=O)cc[nH]c2n1. The van der Waals surface area contributed by atoms with Gasteiger partial charge in [-0.2, -0.15) is 0 Å². The molecule has 0 radical (unpaired) electrons. The summed E-state index contributed by atoms with van der Waals surface area (Å²) in [7, 11) is 0. The molecule has 0 unspecified atom stereocenters. The highest BCUT2D eigenvalue weighted by molar-refractivity contribution is 5.88. The summed E-state index contributed by atoms with van der Waals surface area (Å²) in [5, 5.41) is 9.05. The Morgan fingerprint density at radius 2 is 2.14 bits per heavy atom.